The summed E-state index contributed by atoms with van der Waals surface area (Å²) in [5.74, 6) is 0. The number of thiol groups is 1. The van der Waals surface area contributed by atoms with Gasteiger partial charge in [-0.05, 0) is 25.2 Å². The number of benzene rings is 1. The molecule has 1 aromatic carbocycles. The molecule has 1 aromatic rings. The van der Waals surface area contributed by atoms with Gasteiger partial charge in [0.15, 0.2) is 0 Å². The maximum absolute atomic E-state index is 4.12. The van der Waals surface area contributed by atoms with Crippen molar-refractivity contribution in [3.63, 3.8) is 0 Å². The van der Waals surface area contributed by atoms with Gasteiger partial charge >= 0.3 is 0 Å². The Morgan fingerprint density at radius 3 is 2.33 bits per heavy atom. The molecule has 1 fully saturated rings. The summed E-state index contributed by atoms with van der Waals surface area (Å²) in [6.45, 7) is 4.74. The number of piperazine rings is 1. The van der Waals surface area contributed by atoms with E-state index in [0.29, 0.717) is 0 Å². The van der Waals surface area contributed by atoms with Crippen molar-refractivity contribution in [1.29, 1.82) is 0 Å². The summed E-state index contributed by atoms with van der Waals surface area (Å²) < 4.78 is 1.07. The van der Waals surface area contributed by atoms with E-state index in [0.717, 1.165) is 22.5 Å². The van der Waals surface area contributed by atoms with Gasteiger partial charge in [0.25, 0.3) is 0 Å². The molecule has 0 atom stereocenters. The fraction of sp³-hybridized carbons (Fsp3) is 0.455. The summed E-state index contributed by atoms with van der Waals surface area (Å²) >= 11 is 7.44. The molecular formula is C11H17BrN2S. The minimum Gasteiger partial charge on any atom is -0.314 e. The van der Waals surface area contributed by atoms with Crippen LogP contribution in [0.4, 0.5) is 0 Å². The molecule has 1 heterocycles. The lowest BCUT2D eigenvalue weighted by molar-refractivity contribution is 0.291. The molecule has 0 aromatic heterocycles. The highest BCUT2D eigenvalue weighted by atomic mass is 79.9. The van der Waals surface area contributed by atoms with Crippen LogP contribution in [0.2, 0.25) is 0 Å². The molecule has 1 saturated heterocycles. The zero-order valence-electron chi connectivity index (χ0n) is 8.91. The SMILES string of the molecule is CN1CCNCC1.Sc1cccc(Br)c1. The second kappa shape index (κ2) is 7.28. The molecule has 0 radical (unpaired) electrons. The third-order valence-electron chi connectivity index (χ3n) is 2.15. The van der Waals surface area contributed by atoms with E-state index in [9.17, 15) is 0 Å². The van der Waals surface area contributed by atoms with Gasteiger partial charge in [-0.2, -0.15) is 0 Å². The van der Waals surface area contributed by atoms with Crippen molar-refractivity contribution in [2.24, 2.45) is 0 Å². The van der Waals surface area contributed by atoms with E-state index in [1.807, 2.05) is 24.3 Å². The van der Waals surface area contributed by atoms with Gasteiger partial charge in [-0.25, -0.2) is 0 Å². The van der Waals surface area contributed by atoms with Gasteiger partial charge in [0, 0.05) is 35.5 Å². The number of halogens is 1. The van der Waals surface area contributed by atoms with Crippen molar-refractivity contribution in [1.82, 2.24) is 10.2 Å². The molecule has 0 spiro atoms. The topological polar surface area (TPSA) is 15.3 Å². The van der Waals surface area contributed by atoms with Crippen LogP contribution in [0.1, 0.15) is 0 Å². The van der Waals surface area contributed by atoms with Gasteiger partial charge < -0.3 is 10.2 Å². The first kappa shape index (κ1) is 13.0. The number of hydrogen-bond donors (Lipinski definition) is 2. The van der Waals surface area contributed by atoms with Gasteiger partial charge in [-0.15, -0.1) is 12.6 Å². The fourth-order valence-electron chi connectivity index (χ4n) is 1.25. The van der Waals surface area contributed by atoms with Gasteiger partial charge in [-0.3, -0.25) is 0 Å². The standard InChI is InChI=1S/C6H5BrS.C5H12N2/c7-5-2-1-3-6(8)4-5;1-7-4-2-6-3-5-7/h1-4,8H;6H,2-5H2,1H3. The van der Waals surface area contributed by atoms with Crippen molar-refractivity contribution in [3.8, 4) is 0 Å². The predicted octanol–water partition coefficient (Wildman–Crippen LogP) is 2.26. The summed E-state index contributed by atoms with van der Waals surface area (Å²) in [7, 11) is 2.15. The summed E-state index contributed by atoms with van der Waals surface area (Å²) in [4.78, 5) is 3.32. The third kappa shape index (κ3) is 6.20. The third-order valence-corrected chi connectivity index (χ3v) is 2.92. The molecule has 15 heavy (non-hydrogen) atoms. The summed E-state index contributed by atoms with van der Waals surface area (Å²) in [6, 6.07) is 7.81. The van der Waals surface area contributed by atoms with E-state index in [4.69, 9.17) is 0 Å². The normalized spacial score (nSPS) is 16.7. The molecule has 2 rings (SSSR count). The Kier molecular flexibility index (Phi) is 6.32. The molecule has 0 unspecified atom stereocenters. The van der Waals surface area contributed by atoms with Crippen molar-refractivity contribution in [3.05, 3.63) is 28.7 Å². The Labute approximate surface area is 106 Å². The van der Waals surface area contributed by atoms with Gasteiger partial charge in [0.1, 0.15) is 0 Å². The van der Waals surface area contributed by atoms with Crippen LogP contribution >= 0.6 is 28.6 Å². The first-order valence-electron chi connectivity index (χ1n) is 5.02. The van der Waals surface area contributed by atoms with E-state index in [1.54, 1.807) is 0 Å². The Morgan fingerprint density at radius 2 is 2.00 bits per heavy atom. The van der Waals surface area contributed by atoms with Crippen LogP contribution in [0.15, 0.2) is 33.6 Å². The van der Waals surface area contributed by atoms with Gasteiger partial charge in [-0.1, -0.05) is 22.0 Å². The molecule has 0 aliphatic carbocycles. The molecule has 4 heteroatoms. The number of hydrogen-bond acceptors (Lipinski definition) is 3. The smallest absolute Gasteiger partial charge is 0.0186 e. The summed E-state index contributed by atoms with van der Waals surface area (Å²) in [5, 5.41) is 3.27. The van der Waals surface area contributed by atoms with E-state index >= 15 is 0 Å². The Balaban J connectivity index is 0.000000151. The monoisotopic (exact) mass is 288 g/mol. The Bertz CT molecular complexity index is 270. The van der Waals surface area contributed by atoms with E-state index in [1.165, 1.54) is 13.1 Å². The lowest BCUT2D eigenvalue weighted by Gasteiger charge is -2.21. The van der Waals surface area contributed by atoms with Crippen LogP contribution in [0.25, 0.3) is 0 Å². The lowest BCUT2D eigenvalue weighted by Crippen LogP contribution is -2.40. The van der Waals surface area contributed by atoms with Crippen LogP contribution in [0.3, 0.4) is 0 Å². The van der Waals surface area contributed by atoms with Crippen molar-refractivity contribution >= 4 is 28.6 Å². The second-order valence-electron chi connectivity index (χ2n) is 3.53. The van der Waals surface area contributed by atoms with Crippen LogP contribution < -0.4 is 5.32 Å². The summed E-state index contributed by atoms with van der Waals surface area (Å²) in [6.07, 6.45) is 0. The van der Waals surface area contributed by atoms with Gasteiger partial charge in [0.05, 0.1) is 0 Å². The van der Waals surface area contributed by atoms with E-state index < -0.39 is 0 Å². The first-order chi connectivity index (χ1) is 7.18. The molecule has 1 aliphatic heterocycles. The van der Waals surface area contributed by atoms with Crippen LogP contribution in [0, 0.1) is 0 Å². The van der Waals surface area contributed by atoms with E-state index in [2.05, 4.69) is 45.8 Å². The molecule has 0 amide bonds. The van der Waals surface area contributed by atoms with Crippen LogP contribution in [-0.2, 0) is 0 Å². The zero-order valence-corrected chi connectivity index (χ0v) is 11.4. The highest BCUT2D eigenvalue weighted by Gasteiger charge is 2.01. The molecule has 0 bridgehead atoms. The van der Waals surface area contributed by atoms with Crippen molar-refractivity contribution < 1.29 is 0 Å². The average Bonchev–Trinajstić information content (AvgIpc) is 2.19. The van der Waals surface area contributed by atoms with Crippen molar-refractivity contribution in [2.75, 3.05) is 33.2 Å². The molecule has 1 aliphatic rings. The Hall–Kier alpha value is -0.0300. The van der Waals surface area contributed by atoms with Crippen LogP contribution in [-0.4, -0.2) is 38.1 Å². The largest absolute Gasteiger partial charge is 0.314 e. The minimum atomic E-state index is 0.986. The van der Waals surface area contributed by atoms with Crippen LogP contribution in [0.5, 0.6) is 0 Å². The number of nitrogens with zero attached hydrogens (tertiary/aromatic N) is 1. The predicted molar refractivity (Wildman–Crippen MR) is 71.8 cm³/mol. The maximum Gasteiger partial charge on any atom is 0.0186 e. The molecular weight excluding hydrogens is 272 g/mol. The van der Waals surface area contributed by atoms with E-state index in [-0.39, 0.29) is 0 Å². The number of rotatable bonds is 0. The molecule has 2 nitrogen and oxygen atoms in total. The Morgan fingerprint density at radius 1 is 1.33 bits per heavy atom. The van der Waals surface area contributed by atoms with Gasteiger partial charge in [0.2, 0.25) is 0 Å². The molecule has 1 N–H and O–H groups in total. The molecule has 84 valence electrons. The minimum absolute atomic E-state index is 0.986. The quantitative estimate of drug-likeness (QED) is 0.712. The number of likely N-dealkylation sites (N-methyl/N-ethyl adjacent to an activating group) is 1. The first-order valence-corrected chi connectivity index (χ1v) is 6.26. The highest BCUT2D eigenvalue weighted by molar-refractivity contribution is 9.10. The fourth-order valence-corrected chi connectivity index (χ4v) is 2.05. The number of nitrogens with one attached hydrogen (secondary N) is 1. The average molecular weight is 289 g/mol. The zero-order chi connectivity index (χ0) is 11.1. The van der Waals surface area contributed by atoms with Crippen molar-refractivity contribution in [2.45, 2.75) is 4.90 Å². The summed E-state index contributed by atoms with van der Waals surface area (Å²) in [5.41, 5.74) is 0. The highest BCUT2D eigenvalue weighted by Crippen LogP contribution is 2.13. The molecule has 0 saturated carbocycles. The maximum atomic E-state index is 4.12. The lowest BCUT2D eigenvalue weighted by atomic mass is 10.4. The second-order valence-corrected chi connectivity index (χ2v) is 4.97.